The summed E-state index contributed by atoms with van der Waals surface area (Å²) >= 11 is 3.45. The normalized spacial score (nSPS) is 17.8. The number of carbonyl (C=O) groups is 1. The maximum absolute atomic E-state index is 10.8. The van der Waals surface area contributed by atoms with E-state index in [2.05, 4.69) is 3.07 Å². The Kier molecular flexibility index (Phi) is 3.09. The summed E-state index contributed by atoms with van der Waals surface area (Å²) in [5.74, 6) is 2.09. The van der Waals surface area contributed by atoms with Crippen LogP contribution in [-0.2, 0) is 3.07 Å². The minimum Gasteiger partial charge on any atom is -0.378 e. The molecule has 10 heavy (non-hydrogen) atoms. The van der Waals surface area contributed by atoms with Gasteiger partial charge in [0.05, 0.1) is 6.04 Å². The van der Waals surface area contributed by atoms with Gasteiger partial charge in [-0.25, -0.2) is 4.79 Å². The number of rotatable bonds is 1. The molecular weight excluding hydrogens is 265 g/mol. The Labute approximate surface area is 78.2 Å². The maximum Gasteiger partial charge on any atom is 0.419 e. The van der Waals surface area contributed by atoms with Crippen LogP contribution in [0.2, 0.25) is 0 Å². The molecule has 0 unspecified atom stereocenters. The predicted octanol–water partition coefficient (Wildman–Crippen LogP) is 1.52. The highest BCUT2D eigenvalue weighted by Gasteiger charge is 2.26. The topological polar surface area (TPSA) is 29.5 Å². The molecule has 0 bridgehead atoms. The summed E-state index contributed by atoms with van der Waals surface area (Å²) in [5, 5.41) is 0. The van der Waals surface area contributed by atoms with E-state index in [1.165, 1.54) is 0 Å². The summed E-state index contributed by atoms with van der Waals surface area (Å²) in [6.45, 7) is 0. The smallest absolute Gasteiger partial charge is 0.378 e. The van der Waals surface area contributed by atoms with E-state index >= 15 is 0 Å². The molecule has 0 spiro atoms. The van der Waals surface area contributed by atoms with Gasteiger partial charge in [-0.1, -0.05) is 0 Å². The van der Waals surface area contributed by atoms with Crippen molar-refractivity contribution in [2.45, 2.75) is 6.04 Å². The van der Waals surface area contributed by atoms with E-state index in [0.29, 0.717) is 6.04 Å². The van der Waals surface area contributed by atoms with E-state index < -0.39 is 0 Å². The molecule has 0 radical (unpaired) electrons. The lowest BCUT2D eigenvalue weighted by molar-refractivity contribution is 0.166. The average molecular weight is 273 g/mol. The van der Waals surface area contributed by atoms with Crippen molar-refractivity contribution in [2.24, 2.45) is 0 Å². The van der Waals surface area contributed by atoms with E-state index in [0.717, 1.165) is 11.5 Å². The lowest BCUT2D eigenvalue weighted by Gasteiger charge is -2.32. The van der Waals surface area contributed by atoms with Gasteiger partial charge in [0.15, 0.2) is 23.0 Å². The average Bonchev–Trinajstić information content (AvgIpc) is 1.82. The van der Waals surface area contributed by atoms with Crippen molar-refractivity contribution in [3.05, 3.63) is 0 Å². The molecule has 0 aromatic carbocycles. The minimum absolute atomic E-state index is 0.245. The summed E-state index contributed by atoms with van der Waals surface area (Å²) in [6, 6.07) is 0.396. The molecule has 1 heterocycles. The minimum atomic E-state index is -0.245. The molecule has 0 atom stereocenters. The molecule has 1 fully saturated rings. The first-order chi connectivity index (χ1) is 4.75. The molecule has 3 nitrogen and oxygen atoms in total. The van der Waals surface area contributed by atoms with Gasteiger partial charge in [0.2, 0.25) is 0 Å². The van der Waals surface area contributed by atoms with Gasteiger partial charge < -0.3 is 7.97 Å². The number of thioether (sulfide) groups is 1. The van der Waals surface area contributed by atoms with Gasteiger partial charge in [-0.05, 0) is 0 Å². The van der Waals surface area contributed by atoms with Gasteiger partial charge in [-0.3, -0.25) is 0 Å². The van der Waals surface area contributed by atoms with Crippen LogP contribution < -0.4 is 0 Å². The molecular formula is C5H8INO2S. The zero-order valence-electron chi connectivity index (χ0n) is 5.54. The van der Waals surface area contributed by atoms with Crippen LogP contribution in [0.15, 0.2) is 0 Å². The quantitative estimate of drug-likeness (QED) is 0.678. The summed E-state index contributed by atoms with van der Waals surface area (Å²) in [7, 11) is 1.77. The van der Waals surface area contributed by atoms with Gasteiger partial charge in [-0.15, -0.1) is 0 Å². The molecule has 0 aromatic rings. The van der Waals surface area contributed by atoms with Crippen molar-refractivity contribution in [2.75, 3.05) is 18.6 Å². The zero-order chi connectivity index (χ0) is 7.56. The molecule has 0 aromatic heterocycles. The van der Waals surface area contributed by atoms with Crippen molar-refractivity contribution in [1.82, 2.24) is 4.90 Å². The fourth-order valence-corrected chi connectivity index (χ4v) is 1.85. The molecule has 0 aliphatic carbocycles. The third-order valence-electron chi connectivity index (χ3n) is 1.52. The Morgan fingerprint density at radius 3 is 2.70 bits per heavy atom. The molecule has 0 N–H and O–H groups in total. The van der Waals surface area contributed by atoms with E-state index in [9.17, 15) is 4.79 Å². The number of halogens is 1. The number of nitrogens with zero attached hydrogens (tertiary/aromatic N) is 1. The van der Waals surface area contributed by atoms with Gasteiger partial charge >= 0.3 is 6.09 Å². The second-order valence-corrected chi connectivity index (χ2v) is 3.66. The number of carbonyl (C=O) groups excluding carboxylic acids is 1. The van der Waals surface area contributed by atoms with Crippen molar-refractivity contribution in [1.29, 1.82) is 0 Å². The van der Waals surface area contributed by atoms with Gasteiger partial charge in [0.1, 0.15) is 0 Å². The first-order valence-corrected chi connectivity index (χ1v) is 4.92. The van der Waals surface area contributed by atoms with Crippen LogP contribution in [0.25, 0.3) is 0 Å². The van der Waals surface area contributed by atoms with E-state index in [4.69, 9.17) is 0 Å². The van der Waals surface area contributed by atoms with Gasteiger partial charge in [0.25, 0.3) is 0 Å². The predicted molar refractivity (Wildman–Crippen MR) is 49.4 cm³/mol. The molecule has 1 rings (SSSR count). The molecule has 58 valence electrons. The SMILES string of the molecule is CN(C(=O)OI)C1CSC1. The fraction of sp³-hybridized carbons (Fsp3) is 0.800. The van der Waals surface area contributed by atoms with E-state index in [-0.39, 0.29) is 6.09 Å². The van der Waals surface area contributed by atoms with Crippen molar-refractivity contribution < 1.29 is 7.86 Å². The van der Waals surface area contributed by atoms with Crippen molar-refractivity contribution >= 4 is 40.9 Å². The highest BCUT2D eigenvalue weighted by molar-refractivity contribution is 14.1. The molecule has 1 saturated heterocycles. The lowest BCUT2D eigenvalue weighted by Crippen LogP contribution is -2.44. The van der Waals surface area contributed by atoms with Crippen LogP contribution in [0, 0.1) is 0 Å². The fourth-order valence-electron chi connectivity index (χ4n) is 0.650. The monoisotopic (exact) mass is 273 g/mol. The third-order valence-corrected chi connectivity index (χ3v) is 3.14. The van der Waals surface area contributed by atoms with Crippen LogP contribution in [0.4, 0.5) is 4.79 Å². The molecule has 1 aliphatic heterocycles. The van der Waals surface area contributed by atoms with Crippen LogP contribution in [-0.4, -0.2) is 35.6 Å². The molecule has 5 heteroatoms. The Bertz CT molecular complexity index is 140. The van der Waals surface area contributed by atoms with Crippen LogP contribution >= 0.6 is 34.8 Å². The highest BCUT2D eigenvalue weighted by atomic mass is 127. The number of hydrogen-bond acceptors (Lipinski definition) is 3. The van der Waals surface area contributed by atoms with E-state index in [1.54, 1.807) is 35.0 Å². The number of amides is 1. The third kappa shape index (κ3) is 1.69. The Morgan fingerprint density at radius 2 is 2.40 bits per heavy atom. The summed E-state index contributed by atoms with van der Waals surface area (Å²) in [4.78, 5) is 12.5. The van der Waals surface area contributed by atoms with Crippen LogP contribution in [0.3, 0.4) is 0 Å². The maximum atomic E-state index is 10.8. The molecule has 1 amide bonds. The molecule has 1 aliphatic rings. The lowest BCUT2D eigenvalue weighted by atomic mass is 10.3. The first-order valence-electron chi connectivity index (χ1n) is 2.89. The number of hydrogen-bond donors (Lipinski definition) is 0. The van der Waals surface area contributed by atoms with E-state index in [1.807, 2.05) is 11.8 Å². The van der Waals surface area contributed by atoms with Crippen LogP contribution in [0.5, 0.6) is 0 Å². The second kappa shape index (κ2) is 3.66. The van der Waals surface area contributed by atoms with Gasteiger partial charge in [0, 0.05) is 18.6 Å². The highest BCUT2D eigenvalue weighted by Crippen LogP contribution is 2.22. The largest absolute Gasteiger partial charge is 0.419 e. The second-order valence-electron chi connectivity index (χ2n) is 2.15. The summed E-state index contributed by atoms with van der Waals surface area (Å²) < 4.78 is 4.52. The van der Waals surface area contributed by atoms with Crippen molar-refractivity contribution in [3.63, 3.8) is 0 Å². The Balaban J connectivity index is 2.31. The first kappa shape index (κ1) is 8.45. The summed E-state index contributed by atoms with van der Waals surface area (Å²) in [5.41, 5.74) is 0. The summed E-state index contributed by atoms with van der Waals surface area (Å²) in [6.07, 6.45) is -0.245. The Morgan fingerprint density at radius 1 is 1.80 bits per heavy atom. The van der Waals surface area contributed by atoms with Gasteiger partial charge in [-0.2, -0.15) is 11.8 Å². The van der Waals surface area contributed by atoms with Crippen LogP contribution in [0.1, 0.15) is 0 Å². The Hall–Kier alpha value is 0.350. The van der Waals surface area contributed by atoms with Crippen molar-refractivity contribution in [3.8, 4) is 0 Å². The zero-order valence-corrected chi connectivity index (χ0v) is 8.52. The standard InChI is InChI=1S/C5H8INO2S/c1-7(5(8)9-6)4-2-10-3-4/h4H,2-3H2,1H3. The molecule has 0 saturated carbocycles.